The van der Waals surface area contributed by atoms with Gasteiger partial charge in [0.2, 0.25) is 0 Å². The Balaban J connectivity index is 2.30. The van der Waals surface area contributed by atoms with Gasteiger partial charge in [-0.3, -0.25) is 4.79 Å². The van der Waals surface area contributed by atoms with Crippen molar-refractivity contribution >= 4 is 5.78 Å². The second-order valence-electron chi connectivity index (χ2n) is 4.26. The number of hydrogen-bond acceptors (Lipinski definition) is 2. The smallest absolute Gasteiger partial charge is 0.168 e. The average Bonchev–Trinajstić information content (AvgIpc) is 2.23. The van der Waals surface area contributed by atoms with E-state index in [9.17, 15) is 9.90 Å². The molecule has 0 saturated heterocycles. The van der Waals surface area contributed by atoms with Crippen molar-refractivity contribution in [2.45, 2.75) is 38.2 Å². The number of Topliss-reactive ketones (excluding diaryl/α,β-unsaturated/α-hetero) is 1. The lowest BCUT2D eigenvalue weighted by Crippen LogP contribution is -2.31. The molecule has 2 heteroatoms. The number of aliphatic hydroxyl groups is 1. The van der Waals surface area contributed by atoms with Crippen LogP contribution in [0.4, 0.5) is 0 Å². The molecule has 2 nitrogen and oxygen atoms in total. The standard InChI is InChI=1S/C13H16O2/c1-9-5-2-3-6-10(9)11-7-4-8-12(14)13(11)15/h2-3,5-6,11-12,14H,4,7-8H2,1H3/t11?,12-/m1/s1. The SMILES string of the molecule is Cc1ccccc1C1CCC[C@@H](O)C1=O. The molecular formula is C13H16O2. The maximum atomic E-state index is 11.8. The van der Waals surface area contributed by atoms with Gasteiger partial charge in [0.1, 0.15) is 6.10 Å². The first-order valence-electron chi connectivity index (χ1n) is 5.47. The van der Waals surface area contributed by atoms with Gasteiger partial charge in [0.05, 0.1) is 0 Å². The number of benzene rings is 1. The van der Waals surface area contributed by atoms with E-state index in [0.717, 1.165) is 24.0 Å². The molecule has 80 valence electrons. The molecule has 1 fully saturated rings. The lowest BCUT2D eigenvalue weighted by atomic mass is 9.80. The van der Waals surface area contributed by atoms with Gasteiger partial charge in [0.15, 0.2) is 5.78 Å². The molecule has 1 N–H and O–H groups in total. The molecule has 1 aliphatic carbocycles. The molecule has 0 heterocycles. The van der Waals surface area contributed by atoms with Crippen molar-refractivity contribution in [2.75, 3.05) is 0 Å². The summed E-state index contributed by atoms with van der Waals surface area (Å²) >= 11 is 0. The molecule has 0 aromatic heterocycles. The van der Waals surface area contributed by atoms with Crippen LogP contribution in [0.25, 0.3) is 0 Å². The summed E-state index contributed by atoms with van der Waals surface area (Å²) in [4.78, 5) is 11.8. The number of aliphatic hydroxyl groups excluding tert-OH is 1. The Morgan fingerprint density at radius 1 is 1.27 bits per heavy atom. The van der Waals surface area contributed by atoms with E-state index in [0.29, 0.717) is 6.42 Å². The van der Waals surface area contributed by atoms with Gasteiger partial charge < -0.3 is 5.11 Å². The molecule has 1 aromatic carbocycles. The lowest BCUT2D eigenvalue weighted by molar-refractivity contribution is -0.131. The van der Waals surface area contributed by atoms with Crippen molar-refractivity contribution in [1.29, 1.82) is 0 Å². The second kappa shape index (κ2) is 4.15. The quantitative estimate of drug-likeness (QED) is 0.761. The summed E-state index contributed by atoms with van der Waals surface area (Å²) in [5.74, 6) is -0.0921. The van der Waals surface area contributed by atoms with Crippen molar-refractivity contribution in [3.05, 3.63) is 35.4 Å². The first-order valence-corrected chi connectivity index (χ1v) is 5.47. The van der Waals surface area contributed by atoms with Crippen molar-refractivity contribution in [1.82, 2.24) is 0 Å². The Morgan fingerprint density at radius 2 is 2.00 bits per heavy atom. The van der Waals surface area contributed by atoms with Crippen LogP contribution in [-0.2, 0) is 4.79 Å². The second-order valence-corrected chi connectivity index (χ2v) is 4.26. The van der Waals surface area contributed by atoms with E-state index in [4.69, 9.17) is 0 Å². The third-order valence-corrected chi connectivity index (χ3v) is 3.21. The van der Waals surface area contributed by atoms with Crippen molar-refractivity contribution in [3.8, 4) is 0 Å². The molecule has 2 atom stereocenters. The molecule has 0 bridgehead atoms. The Labute approximate surface area is 89.9 Å². The summed E-state index contributed by atoms with van der Waals surface area (Å²) in [5.41, 5.74) is 2.23. The van der Waals surface area contributed by atoms with Gasteiger partial charge in [-0.15, -0.1) is 0 Å². The molecule has 0 spiro atoms. The minimum atomic E-state index is -0.747. The minimum Gasteiger partial charge on any atom is -0.385 e. The first-order chi connectivity index (χ1) is 7.20. The summed E-state index contributed by atoms with van der Waals surface area (Å²) in [6.07, 6.45) is 1.69. The van der Waals surface area contributed by atoms with Gasteiger partial charge in [-0.05, 0) is 37.3 Å². The van der Waals surface area contributed by atoms with Crippen LogP contribution in [0.3, 0.4) is 0 Å². The highest BCUT2D eigenvalue weighted by Crippen LogP contribution is 2.31. The number of aryl methyl sites for hydroxylation is 1. The molecule has 0 radical (unpaired) electrons. The Bertz CT molecular complexity index is 371. The molecular weight excluding hydrogens is 188 g/mol. The van der Waals surface area contributed by atoms with E-state index >= 15 is 0 Å². The molecule has 1 aromatic rings. The summed E-state index contributed by atoms with van der Waals surface area (Å²) in [6, 6.07) is 7.94. The van der Waals surface area contributed by atoms with Gasteiger partial charge >= 0.3 is 0 Å². The fraction of sp³-hybridized carbons (Fsp3) is 0.462. The highest BCUT2D eigenvalue weighted by Gasteiger charge is 2.31. The number of ketones is 1. The zero-order valence-corrected chi connectivity index (χ0v) is 8.94. The molecule has 1 unspecified atom stereocenters. The predicted octanol–water partition coefficient (Wildman–Crippen LogP) is 2.19. The van der Waals surface area contributed by atoms with Crippen LogP contribution in [0, 0.1) is 6.92 Å². The summed E-state index contributed by atoms with van der Waals surface area (Å²) < 4.78 is 0. The Morgan fingerprint density at radius 3 is 2.73 bits per heavy atom. The van der Waals surface area contributed by atoms with Crippen LogP contribution < -0.4 is 0 Å². The zero-order valence-electron chi connectivity index (χ0n) is 8.94. The lowest BCUT2D eigenvalue weighted by Gasteiger charge is -2.25. The molecule has 1 aliphatic rings. The summed E-state index contributed by atoms with van der Waals surface area (Å²) in [7, 11) is 0. The summed E-state index contributed by atoms with van der Waals surface area (Å²) in [6.45, 7) is 2.02. The van der Waals surface area contributed by atoms with E-state index in [1.54, 1.807) is 0 Å². The number of carbonyl (C=O) groups is 1. The molecule has 2 rings (SSSR count). The van der Waals surface area contributed by atoms with E-state index in [1.165, 1.54) is 0 Å². The fourth-order valence-electron chi connectivity index (χ4n) is 2.32. The Hall–Kier alpha value is -1.15. The highest BCUT2D eigenvalue weighted by atomic mass is 16.3. The topological polar surface area (TPSA) is 37.3 Å². The van der Waals surface area contributed by atoms with Crippen LogP contribution in [0.1, 0.15) is 36.3 Å². The van der Waals surface area contributed by atoms with Gasteiger partial charge in [0, 0.05) is 5.92 Å². The predicted molar refractivity (Wildman–Crippen MR) is 58.8 cm³/mol. The van der Waals surface area contributed by atoms with E-state index in [1.807, 2.05) is 31.2 Å². The normalized spacial score (nSPS) is 26.7. The van der Waals surface area contributed by atoms with Crippen molar-refractivity contribution < 1.29 is 9.90 Å². The average molecular weight is 204 g/mol. The number of rotatable bonds is 1. The van der Waals surface area contributed by atoms with Gasteiger partial charge in [-0.2, -0.15) is 0 Å². The Kier molecular flexibility index (Phi) is 2.87. The monoisotopic (exact) mass is 204 g/mol. The van der Waals surface area contributed by atoms with Crippen LogP contribution >= 0.6 is 0 Å². The molecule has 0 aliphatic heterocycles. The van der Waals surface area contributed by atoms with Crippen molar-refractivity contribution in [2.24, 2.45) is 0 Å². The maximum Gasteiger partial charge on any atom is 0.168 e. The van der Waals surface area contributed by atoms with E-state index < -0.39 is 6.10 Å². The largest absolute Gasteiger partial charge is 0.385 e. The summed E-state index contributed by atoms with van der Waals surface area (Å²) in [5, 5.41) is 9.55. The molecule has 0 amide bonds. The number of carbonyl (C=O) groups excluding carboxylic acids is 1. The maximum absolute atomic E-state index is 11.8. The van der Waals surface area contributed by atoms with Gasteiger partial charge in [-0.25, -0.2) is 0 Å². The molecule has 15 heavy (non-hydrogen) atoms. The fourth-order valence-corrected chi connectivity index (χ4v) is 2.32. The van der Waals surface area contributed by atoms with Gasteiger partial charge in [0.25, 0.3) is 0 Å². The van der Waals surface area contributed by atoms with Crippen LogP contribution in [0.2, 0.25) is 0 Å². The van der Waals surface area contributed by atoms with Crippen molar-refractivity contribution in [3.63, 3.8) is 0 Å². The van der Waals surface area contributed by atoms with Crippen LogP contribution in [0.15, 0.2) is 24.3 Å². The van der Waals surface area contributed by atoms with Crippen LogP contribution in [0.5, 0.6) is 0 Å². The highest BCUT2D eigenvalue weighted by molar-refractivity contribution is 5.90. The first kappa shape index (κ1) is 10.4. The third kappa shape index (κ3) is 1.95. The third-order valence-electron chi connectivity index (χ3n) is 3.21. The molecule has 1 saturated carbocycles. The van der Waals surface area contributed by atoms with Crippen LogP contribution in [-0.4, -0.2) is 17.0 Å². The minimum absolute atomic E-state index is 0.00412. The van der Waals surface area contributed by atoms with E-state index in [-0.39, 0.29) is 11.7 Å². The van der Waals surface area contributed by atoms with E-state index in [2.05, 4.69) is 0 Å². The van der Waals surface area contributed by atoms with Gasteiger partial charge in [-0.1, -0.05) is 24.3 Å². The zero-order chi connectivity index (χ0) is 10.8. The number of hydrogen-bond donors (Lipinski definition) is 1.